The molecule has 5 nitrogen and oxygen atoms in total. The van der Waals surface area contributed by atoms with Gasteiger partial charge in [0, 0.05) is 25.3 Å². The number of anilines is 1. The average Bonchev–Trinajstić information content (AvgIpc) is 2.83. The molecule has 0 aliphatic carbocycles. The van der Waals surface area contributed by atoms with Crippen LogP contribution in [0.4, 0.5) is 5.69 Å². The van der Waals surface area contributed by atoms with Crippen molar-refractivity contribution in [3.05, 3.63) is 35.7 Å². The van der Waals surface area contributed by atoms with Gasteiger partial charge >= 0.3 is 5.97 Å². The summed E-state index contributed by atoms with van der Waals surface area (Å²) in [6, 6.07) is 7.64. The number of hydrogen-bond donors (Lipinski definition) is 1. The van der Waals surface area contributed by atoms with Crippen LogP contribution in [0, 0.1) is 0 Å². The SMILES string of the molecule is CCCc1nc(-c2ccc(N(C)C)cc2)oc1C(=O)O. The van der Waals surface area contributed by atoms with E-state index in [2.05, 4.69) is 4.98 Å². The highest BCUT2D eigenvalue weighted by Crippen LogP contribution is 2.25. The number of benzene rings is 1. The van der Waals surface area contributed by atoms with Crippen LogP contribution in [0.1, 0.15) is 29.6 Å². The van der Waals surface area contributed by atoms with Gasteiger partial charge in [-0.05, 0) is 30.7 Å². The summed E-state index contributed by atoms with van der Waals surface area (Å²) in [4.78, 5) is 17.4. The van der Waals surface area contributed by atoms with E-state index in [4.69, 9.17) is 9.52 Å². The van der Waals surface area contributed by atoms with Gasteiger partial charge in [-0.1, -0.05) is 13.3 Å². The zero-order chi connectivity index (χ0) is 14.7. The van der Waals surface area contributed by atoms with Crippen LogP contribution in [0.15, 0.2) is 28.7 Å². The van der Waals surface area contributed by atoms with Gasteiger partial charge in [-0.3, -0.25) is 0 Å². The molecule has 0 atom stereocenters. The van der Waals surface area contributed by atoms with Crippen LogP contribution in [0.25, 0.3) is 11.5 Å². The number of aryl methyl sites for hydroxylation is 1. The zero-order valence-corrected chi connectivity index (χ0v) is 11.9. The molecule has 0 fully saturated rings. The zero-order valence-electron chi connectivity index (χ0n) is 11.9. The Balaban J connectivity index is 2.37. The van der Waals surface area contributed by atoms with Crippen LogP contribution in [0.3, 0.4) is 0 Å². The highest BCUT2D eigenvalue weighted by Gasteiger charge is 2.19. The summed E-state index contributed by atoms with van der Waals surface area (Å²) in [5, 5.41) is 9.13. The topological polar surface area (TPSA) is 66.6 Å². The molecule has 2 rings (SSSR count). The summed E-state index contributed by atoms with van der Waals surface area (Å²) in [6.07, 6.45) is 1.42. The highest BCUT2D eigenvalue weighted by atomic mass is 16.4. The fraction of sp³-hybridized carbons (Fsp3) is 0.333. The van der Waals surface area contributed by atoms with E-state index in [1.807, 2.05) is 50.2 Å². The smallest absolute Gasteiger partial charge is 0.373 e. The van der Waals surface area contributed by atoms with Gasteiger partial charge < -0.3 is 14.4 Å². The molecular formula is C15H18N2O3. The predicted octanol–water partition coefficient (Wildman–Crippen LogP) is 3.06. The Bertz CT molecular complexity index is 600. The molecule has 0 bridgehead atoms. The summed E-state index contributed by atoms with van der Waals surface area (Å²) < 4.78 is 5.39. The maximum atomic E-state index is 11.1. The number of carboxylic acid groups (broad SMARTS) is 1. The molecule has 0 aliphatic rings. The van der Waals surface area contributed by atoms with E-state index < -0.39 is 5.97 Å². The fourth-order valence-corrected chi connectivity index (χ4v) is 1.95. The van der Waals surface area contributed by atoms with Crippen molar-refractivity contribution in [1.29, 1.82) is 0 Å². The van der Waals surface area contributed by atoms with Crippen LogP contribution in [-0.2, 0) is 6.42 Å². The van der Waals surface area contributed by atoms with Crippen LogP contribution >= 0.6 is 0 Å². The number of carbonyl (C=O) groups is 1. The Morgan fingerprint density at radius 2 is 1.95 bits per heavy atom. The summed E-state index contributed by atoms with van der Waals surface area (Å²) in [7, 11) is 3.92. The van der Waals surface area contributed by atoms with Gasteiger partial charge in [0.25, 0.3) is 0 Å². The lowest BCUT2D eigenvalue weighted by molar-refractivity contribution is 0.0661. The average molecular weight is 274 g/mol. The number of hydrogen-bond acceptors (Lipinski definition) is 4. The molecular weight excluding hydrogens is 256 g/mol. The molecule has 20 heavy (non-hydrogen) atoms. The second-order valence-electron chi connectivity index (χ2n) is 4.79. The molecule has 0 saturated heterocycles. The minimum absolute atomic E-state index is 0.0569. The van der Waals surface area contributed by atoms with Crippen molar-refractivity contribution < 1.29 is 14.3 Å². The maximum Gasteiger partial charge on any atom is 0.373 e. The number of nitrogens with zero attached hydrogens (tertiary/aromatic N) is 2. The molecule has 1 aromatic carbocycles. The second kappa shape index (κ2) is 5.77. The van der Waals surface area contributed by atoms with Crippen molar-refractivity contribution in [3.63, 3.8) is 0 Å². The quantitative estimate of drug-likeness (QED) is 0.907. The van der Waals surface area contributed by atoms with Gasteiger partial charge in [0.15, 0.2) is 0 Å². The van der Waals surface area contributed by atoms with Crippen molar-refractivity contribution in [3.8, 4) is 11.5 Å². The Kier molecular flexibility index (Phi) is 4.08. The van der Waals surface area contributed by atoms with E-state index in [0.717, 1.165) is 17.7 Å². The molecule has 0 spiro atoms. The summed E-state index contributed by atoms with van der Waals surface area (Å²) in [5.74, 6) is -0.771. The number of carboxylic acids is 1. The van der Waals surface area contributed by atoms with Gasteiger partial charge in [-0.2, -0.15) is 0 Å². The van der Waals surface area contributed by atoms with Crippen LogP contribution in [-0.4, -0.2) is 30.2 Å². The third-order valence-electron chi connectivity index (χ3n) is 3.01. The van der Waals surface area contributed by atoms with Crippen molar-refractivity contribution in [1.82, 2.24) is 4.98 Å². The Labute approximate surface area is 117 Å². The first-order valence-corrected chi connectivity index (χ1v) is 6.53. The normalized spacial score (nSPS) is 10.6. The van der Waals surface area contributed by atoms with Crippen molar-refractivity contribution >= 4 is 11.7 Å². The standard InChI is InChI=1S/C15H18N2O3/c1-4-5-12-13(15(18)19)20-14(16-12)10-6-8-11(9-7-10)17(2)3/h6-9H,4-5H2,1-3H3,(H,18,19). The minimum atomic E-state index is -1.07. The maximum absolute atomic E-state index is 11.1. The fourth-order valence-electron chi connectivity index (χ4n) is 1.95. The van der Waals surface area contributed by atoms with Crippen LogP contribution < -0.4 is 4.90 Å². The third-order valence-corrected chi connectivity index (χ3v) is 3.01. The van der Waals surface area contributed by atoms with E-state index in [-0.39, 0.29) is 5.76 Å². The van der Waals surface area contributed by atoms with Crippen molar-refractivity contribution in [2.75, 3.05) is 19.0 Å². The largest absolute Gasteiger partial charge is 0.475 e. The molecule has 1 aromatic heterocycles. The van der Waals surface area contributed by atoms with E-state index in [9.17, 15) is 4.79 Å². The molecule has 5 heteroatoms. The second-order valence-corrected chi connectivity index (χ2v) is 4.79. The van der Waals surface area contributed by atoms with Crippen LogP contribution in [0.5, 0.6) is 0 Å². The first-order chi connectivity index (χ1) is 9.52. The van der Waals surface area contributed by atoms with Gasteiger partial charge in [-0.25, -0.2) is 9.78 Å². The summed E-state index contributed by atoms with van der Waals surface area (Å²) in [5.41, 5.74) is 2.35. The monoisotopic (exact) mass is 274 g/mol. The molecule has 1 heterocycles. The molecule has 0 amide bonds. The van der Waals surface area contributed by atoms with Gasteiger partial charge in [0.05, 0.1) is 5.69 Å². The van der Waals surface area contributed by atoms with Crippen molar-refractivity contribution in [2.24, 2.45) is 0 Å². The molecule has 0 saturated carbocycles. The lowest BCUT2D eigenvalue weighted by atomic mass is 10.2. The highest BCUT2D eigenvalue weighted by molar-refractivity contribution is 5.86. The Morgan fingerprint density at radius 1 is 1.30 bits per heavy atom. The molecule has 0 unspecified atom stereocenters. The van der Waals surface area contributed by atoms with Gasteiger partial charge in [0.1, 0.15) is 0 Å². The Hall–Kier alpha value is -2.30. The van der Waals surface area contributed by atoms with Crippen LogP contribution in [0.2, 0.25) is 0 Å². The number of aromatic carboxylic acids is 1. The number of aromatic nitrogens is 1. The first-order valence-electron chi connectivity index (χ1n) is 6.53. The third kappa shape index (κ3) is 2.82. The van der Waals surface area contributed by atoms with E-state index >= 15 is 0 Å². The molecule has 2 aromatic rings. The van der Waals surface area contributed by atoms with Gasteiger partial charge in [-0.15, -0.1) is 0 Å². The van der Waals surface area contributed by atoms with E-state index in [0.29, 0.717) is 18.0 Å². The van der Waals surface area contributed by atoms with E-state index in [1.165, 1.54) is 0 Å². The summed E-state index contributed by atoms with van der Waals surface area (Å²) in [6.45, 7) is 1.98. The Morgan fingerprint density at radius 3 is 2.45 bits per heavy atom. The predicted molar refractivity (Wildman–Crippen MR) is 77.2 cm³/mol. The number of oxazole rings is 1. The molecule has 0 radical (unpaired) electrons. The lowest BCUT2D eigenvalue weighted by Gasteiger charge is -2.11. The van der Waals surface area contributed by atoms with Gasteiger partial charge in [0.2, 0.25) is 11.7 Å². The van der Waals surface area contributed by atoms with E-state index in [1.54, 1.807) is 0 Å². The molecule has 1 N–H and O–H groups in total. The number of rotatable bonds is 5. The molecule has 0 aliphatic heterocycles. The minimum Gasteiger partial charge on any atom is -0.475 e. The summed E-state index contributed by atoms with van der Waals surface area (Å²) >= 11 is 0. The lowest BCUT2D eigenvalue weighted by Crippen LogP contribution is -2.07. The molecule has 106 valence electrons. The van der Waals surface area contributed by atoms with Crippen molar-refractivity contribution in [2.45, 2.75) is 19.8 Å². The first kappa shape index (κ1) is 14.1.